The Morgan fingerprint density at radius 3 is 2.66 bits per heavy atom. The van der Waals surface area contributed by atoms with E-state index in [0.29, 0.717) is 25.2 Å². The van der Waals surface area contributed by atoms with E-state index in [2.05, 4.69) is 0 Å². The van der Waals surface area contributed by atoms with Crippen molar-refractivity contribution in [1.82, 2.24) is 18.9 Å². The molecule has 1 saturated heterocycles. The van der Waals surface area contributed by atoms with Crippen LogP contribution in [0.2, 0.25) is 0 Å². The molecule has 32 heavy (non-hydrogen) atoms. The summed E-state index contributed by atoms with van der Waals surface area (Å²) in [6.45, 7) is 1.35. The van der Waals surface area contributed by atoms with Crippen molar-refractivity contribution < 1.29 is 14.3 Å². The Kier molecular flexibility index (Phi) is 5.53. The number of rotatable bonds is 5. The number of amides is 1. The molecular formula is C24H24N4O3S. The number of piperidine rings is 1. The standard InChI is InChI=1S/C24H24N4O3S/c1-31-23(30)21-8-5-11-27(21)18-9-12-26(13-10-18)22(29)14-19-16-32-24-25-20(15-28(19)24)17-6-3-2-4-7-17/h2-8,11,15-16,18H,9-10,12-14H2,1H3. The van der Waals surface area contributed by atoms with Crippen LogP contribution in [0.4, 0.5) is 0 Å². The maximum Gasteiger partial charge on any atom is 0.354 e. The minimum Gasteiger partial charge on any atom is -0.464 e. The number of thiazole rings is 1. The van der Waals surface area contributed by atoms with Gasteiger partial charge in [-0.25, -0.2) is 9.78 Å². The zero-order valence-electron chi connectivity index (χ0n) is 17.8. The lowest BCUT2D eigenvalue weighted by molar-refractivity contribution is -0.131. The number of ether oxygens (including phenoxy) is 1. The zero-order valence-corrected chi connectivity index (χ0v) is 18.6. The first-order valence-corrected chi connectivity index (χ1v) is 11.6. The van der Waals surface area contributed by atoms with Crippen LogP contribution >= 0.6 is 11.3 Å². The average Bonchev–Trinajstić information content (AvgIpc) is 3.56. The van der Waals surface area contributed by atoms with Gasteiger partial charge in [0.05, 0.1) is 19.2 Å². The number of hydrogen-bond acceptors (Lipinski definition) is 5. The van der Waals surface area contributed by atoms with Gasteiger partial charge in [0, 0.05) is 48.2 Å². The van der Waals surface area contributed by atoms with E-state index < -0.39 is 0 Å². The Morgan fingerprint density at radius 2 is 1.91 bits per heavy atom. The Hall–Kier alpha value is -3.39. The van der Waals surface area contributed by atoms with Crippen molar-refractivity contribution in [3.05, 3.63) is 71.6 Å². The first-order valence-electron chi connectivity index (χ1n) is 10.7. The number of carbonyl (C=O) groups excluding carboxylic acids is 2. The van der Waals surface area contributed by atoms with Crippen LogP contribution in [-0.4, -0.2) is 50.9 Å². The summed E-state index contributed by atoms with van der Waals surface area (Å²) in [5.74, 6) is -0.205. The summed E-state index contributed by atoms with van der Waals surface area (Å²) in [6, 6.07) is 13.9. The number of esters is 1. The van der Waals surface area contributed by atoms with Gasteiger partial charge in [-0.3, -0.25) is 9.20 Å². The van der Waals surface area contributed by atoms with Crippen molar-refractivity contribution in [2.24, 2.45) is 0 Å². The molecule has 0 bridgehead atoms. The van der Waals surface area contributed by atoms with Crippen molar-refractivity contribution in [3.63, 3.8) is 0 Å². The van der Waals surface area contributed by atoms with E-state index >= 15 is 0 Å². The first kappa shape index (κ1) is 20.5. The lowest BCUT2D eigenvalue weighted by Crippen LogP contribution is -2.40. The number of imidazole rings is 1. The molecule has 0 aliphatic carbocycles. The highest BCUT2D eigenvalue weighted by Gasteiger charge is 2.26. The van der Waals surface area contributed by atoms with Crippen molar-refractivity contribution in [2.75, 3.05) is 20.2 Å². The van der Waals surface area contributed by atoms with E-state index in [9.17, 15) is 9.59 Å². The van der Waals surface area contributed by atoms with E-state index in [0.717, 1.165) is 34.8 Å². The quantitative estimate of drug-likeness (QED) is 0.432. The monoisotopic (exact) mass is 448 g/mol. The third-order valence-electron chi connectivity index (χ3n) is 6.07. The van der Waals surface area contributed by atoms with Gasteiger partial charge in [-0.1, -0.05) is 30.3 Å². The largest absolute Gasteiger partial charge is 0.464 e. The SMILES string of the molecule is COC(=O)c1cccn1C1CCN(C(=O)Cc2csc3nc(-c4ccccc4)cn23)CC1. The predicted octanol–water partition coefficient (Wildman–Crippen LogP) is 4.06. The van der Waals surface area contributed by atoms with E-state index in [1.807, 2.05) is 68.0 Å². The van der Waals surface area contributed by atoms with Crippen LogP contribution in [0.5, 0.6) is 0 Å². The van der Waals surface area contributed by atoms with E-state index in [1.165, 1.54) is 7.11 Å². The number of nitrogens with zero attached hydrogens (tertiary/aromatic N) is 4. The van der Waals surface area contributed by atoms with E-state index in [4.69, 9.17) is 9.72 Å². The molecule has 1 aliphatic heterocycles. The summed E-state index contributed by atoms with van der Waals surface area (Å²) >= 11 is 1.56. The topological polar surface area (TPSA) is 68.8 Å². The Balaban J connectivity index is 1.25. The third-order valence-corrected chi connectivity index (χ3v) is 6.96. The molecule has 1 amide bonds. The van der Waals surface area contributed by atoms with Crippen LogP contribution < -0.4 is 0 Å². The summed E-state index contributed by atoms with van der Waals surface area (Å²) in [6.07, 6.45) is 5.90. The molecule has 1 aliphatic rings. The van der Waals surface area contributed by atoms with Gasteiger partial charge in [0.1, 0.15) is 5.69 Å². The minimum absolute atomic E-state index is 0.124. The Labute approximate surface area is 189 Å². The Morgan fingerprint density at radius 1 is 1.12 bits per heavy atom. The predicted molar refractivity (Wildman–Crippen MR) is 123 cm³/mol. The molecular weight excluding hydrogens is 424 g/mol. The fourth-order valence-corrected chi connectivity index (χ4v) is 5.23. The molecule has 0 radical (unpaired) electrons. The normalized spacial score (nSPS) is 14.7. The summed E-state index contributed by atoms with van der Waals surface area (Å²) in [7, 11) is 1.39. The van der Waals surface area contributed by atoms with Gasteiger partial charge in [0.25, 0.3) is 0 Å². The highest BCUT2D eigenvalue weighted by molar-refractivity contribution is 7.15. The molecule has 4 aromatic rings. The summed E-state index contributed by atoms with van der Waals surface area (Å²) in [5.41, 5.74) is 3.51. The molecule has 1 fully saturated rings. The highest BCUT2D eigenvalue weighted by Crippen LogP contribution is 2.27. The zero-order chi connectivity index (χ0) is 22.1. The average molecular weight is 449 g/mol. The molecule has 3 aromatic heterocycles. The minimum atomic E-state index is -0.329. The molecule has 1 aromatic carbocycles. The lowest BCUT2D eigenvalue weighted by Gasteiger charge is -2.33. The van der Waals surface area contributed by atoms with E-state index in [1.54, 1.807) is 17.4 Å². The molecule has 0 N–H and O–H groups in total. The van der Waals surface area contributed by atoms with E-state index in [-0.39, 0.29) is 17.9 Å². The van der Waals surface area contributed by atoms with Crippen LogP contribution in [0.15, 0.2) is 60.2 Å². The van der Waals surface area contributed by atoms with Gasteiger partial charge in [-0.2, -0.15) is 0 Å². The smallest absolute Gasteiger partial charge is 0.354 e. The van der Waals surface area contributed by atoms with Gasteiger partial charge in [-0.05, 0) is 25.0 Å². The third kappa shape index (κ3) is 3.82. The van der Waals surface area contributed by atoms with Crippen LogP contribution in [0, 0.1) is 0 Å². The second-order valence-corrected chi connectivity index (χ2v) is 8.79. The number of fused-ring (bicyclic) bond motifs is 1. The second kappa shape index (κ2) is 8.63. The molecule has 0 saturated carbocycles. The second-order valence-electron chi connectivity index (χ2n) is 7.95. The highest BCUT2D eigenvalue weighted by atomic mass is 32.1. The lowest BCUT2D eigenvalue weighted by atomic mass is 10.0. The number of likely N-dealkylation sites (tertiary alicyclic amines) is 1. The molecule has 7 nitrogen and oxygen atoms in total. The van der Waals surface area contributed by atoms with Crippen LogP contribution in [0.1, 0.15) is 35.1 Å². The van der Waals surface area contributed by atoms with Crippen molar-refractivity contribution in [1.29, 1.82) is 0 Å². The number of aromatic nitrogens is 3. The summed E-state index contributed by atoms with van der Waals surface area (Å²) < 4.78 is 8.89. The molecule has 0 spiro atoms. The molecule has 4 heterocycles. The molecule has 0 unspecified atom stereocenters. The van der Waals surface area contributed by atoms with Gasteiger partial charge in [-0.15, -0.1) is 11.3 Å². The first-order chi connectivity index (χ1) is 15.6. The maximum absolute atomic E-state index is 13.0. The van der Waals surface area contributed by atoms with Crippen LogP contribution in [0.3, 0.4) is 0 Å². The molecule has 5 rings (SSSR count). The fraction of sp³-hybridized carbons (Fsp3) is 0.292. The van der Waals surface area contributed by atoms with Gasteiger partial charge in [0.2, 0.25) is 5.91 Å². The number of hydrogen-bond donors (Lipinski definition) is 0. The van der Waals surface area contributed by atoms with Gasteiger partial charge >= 0.3 is 5.97 Å². The fourth-order valence-electron chi connectivity index (χ4n) is 4.35. The van der Waals surface area contributed by atoms with Gasteiger partial charge in [0.15, 0.2) is 4.96 Å². The molecule has 0 atom stereocenters. The maximum atomic E-state index is 13.0. The summed E-state index contributed by atoms with van der Waals surface area (Å²) in [4.78, 5) is 32.5. The van der Waals surface area contributed by atoms with Crippen molar-refractivity contribution >= 4 is 28.2 Å². The van der Waals surface area contributed by atoms with Crippen LogP contribution in [0.25, 0.3) is 16.2 Å². The Bertz CT molecular complexity index is 1250. The summed E-state index contributed by atoms with van der Waals surface area (Å²) in [5, 5.41) is 2.02. The number of methoxy groups -OCH3 is 1. The van der Waals surface area contributed by atoms with Gasteiger partial charge < -0.3 is 14.2 Å². The van der Waals surface area contributed by atoms with Crippen LogP contribution in [-0.2, 0) is 16.0 Å². The molecule has 8 heteroatoms. The molecule has 164 valence electrons. The van der Waals surface area contributed by atoms with Crippen molar-refractivity contribution in [2.45, 2.75) is 25.3 Å². The number of carbonyl (C=O) groups is 2. The van der Waals surface area contributed by atoms with Crippen molar-refractivity contribution in [3.8, 4) is 11.3 Å². The number of benzene rings is 1.